The topological polar surface area (TPSA) is 78.3 Å². The van der Waals surface area contributed by atoms with E-state index in [4.69, 9.17) is 16.6 Å². The minimum absolute atomic E-state index is 0.0696. The van der Waals surface area contributed by atoms with E-state index in [0.717, 1.165) is 5.52 Å². The minimum Gasteiger partial charge on any atom is -0.429 e. The van der Waals surface area contributed by atoms with E-state index in [1.165, 1.54) is 0 Å². The zero-order valence-corrected chi connectivity index (χ0v) is 13.0. The quantitative estimate of drug-likeness (QED) is 0.853. The van der Waals surface area contributed by atoms with Gasteiger partial charge in [-0.2, -0.15) is 0 Å². The van der Waals surface area contributed by atoms with Gasteiger partial charge in [0.15, 0.2) is 5.58 Å². The molecule has 1 aromatic heterocycles. The zero-order valence-electron chi connectivity index (χ0n) is 12.2. The van der Waals surface area contributed by atoms with Gasteiger partial charge >= 0.3 is 0 Å². The van der Waals surface area contributed by atoms with E-state index < -0.39 is 0 Å². The molecule has 6 nitrogen and oxygen atoms in total. The maximum absolute atomic E-state index is 12.3. The van der Waals surface area contributed by atoms with Gasteiger partial charge in [-0.05, 0) is 30.8 Å². The minimum atomic E-state index is -0.163. The van der Waals surface area contributed by atoms with Crippen LogP contribution in [0.4, 0.5) is 5.69 Å². The number of fused-ring (bicyclic) bond motifs is 1. The maximum Gasteiger partial charge on any atom is 0.266 e. The molecule has 7 heteroatoms. The van der Waals surface area contributed by atoms with Crippen LogP contribution >= 0.6 is 12.2 Å². The number of aromatic nitrogens is 1. The van der Waals surface area contributed by atoms with Crippen molar-refractivity contribution in [2.45, 2.75) is 19.8 Å². The molecule has 1 fully saturated rings. The summed E-state index contributed by atoms with van der Waals surface area (Å²) in [6, 6.07) is 5.35. The first-order chi connectivity index (χ1) is 10.6. The highest BCUT2D eigenvalue weighted by Gasteiger charge is 2.30. The predicted octanol–water partition coefficient (Wildman–Crippen LogP) is 2.69. The van der Waals surface area contributed by atoms with Crippen LogP contribution in [0.1, 0.15) is 19.8 Å². The van der Waals surface area contributed by atoms with Crippen LogP contribution in [0.25, 0.3) is 11.1 Å². The lowest BCUT2D eigenvalue weighted by molar-refractivity contribution is -0.130. The summed E-state index contributed by atoms with van der Waals surface area (Å²) in [6.07, 6.45) is 1.17. The third-order valence-corrected chi connectivity index (χ3v) is 4.09. The number of hydrogen-bond acceptors (Lipinski definition) is 4. The number of likely N-dealkylation sites (tertiary alicyclic amines) is 1. The van der Waals surface area contributed by atoms with E-state index in [0.29, 0.717) is 42.0 Å². The first kappa shape index (κ1) is 14.8. The number of H-pyrrole nitrogens is 1. The van der Waals surface area contributed by atoms with Crippen LogP contribution in [0, 0.1) is 10.8 Å². The molecule has 0 radical (unpaired) electrons. The molecule has 2 heterocycles. The van der Waals surface area contributed by atoms with Crippen LogP contribution in [0.15, 0.2) is 22.6 Å². The number of rotatable bonds is 3. The Hall–Kier alpha value is -2.15. The van der Waals surface area contributed by atoms with E-state index in [1.54, 1.807) is 17.0 Å². The van der Waals surface area contributed by atoms with E-state index in [9.17, 15) is 9.59 Å². The Kier molecular flexibility index (Phi) is 3.98. The second kappa shape index (κ2) is 5.92. The summed E-state index contributed by atoms with van der Waals surface area (Å²) in [4.78, 5) is 28.9. The molecule has 1 aromatic carbocycles. The molecular formula is C15H17N3O3S. The van der Waals surface area contributed by atoms with Crippen molar-refractivity contribution in [2.75, 3.05) is 18.4 Å². The Morgan fingerprint density at radius 2 is 2.32 bits per heavy atom. The summed E-state index contributed by atoms with van der Waals surface area (Å²) in [5, 5.41) is 2.88. The summed E-state index contributed by atoms with van der Waals surface area (Å²) < 4.78 is 5.33. The largest absolute Gasteiger partial charge is 0.429 e. The Bertz CT molecular complexity index is 780. The highest BCUT2D eigenvalue weighted by molar-refractivity contribution is 7.71. The molecule has 2 amide bonds. The van der Waals surface area contributed by atoms with Gasteiger partial charge in [0, 0.05) is 31.3 Å². The first-order valence-corrected chi connectivity index (χ1v) is 7.69. The number of nitrogens with one attached hydrogen (secondary N) is 2. The number of oxazole rings is 1. The van der Waals surface area contributed by atoms with Crippen LogP contribution < -0.4 is 5.32 Å². The van der Waals surface area contributed by atoms with Gasteiger partial charge < -0.3 is 19.6 Å². The molecule has 2 aromatic rings. The molecule has 1 unspecified atom stereocenters. The second-order valence-corrected chi connectivity index (χ2v) is 5.76. The van der Waals surface area contributed by atoms with E-state index >= 15 is 0 Å². The van der Waals surface area contributed by atoms with Crippen LogP contribution in [0.2, 0.25) is 0 Å². The standard InChI is InChI=1S/C15H17N3O3S/c1-2-13(19)18-6-5-9(8-18)14(20)16-10-3-4-11-12(7-10)21-15(22)17-11/h3-4,7,9H,2,5-6,8H2,1H3,(H,16,20)(H,17,22). The van der Waals surface area contributed by atoms with Crippen LogP contribution in [-0.4, -0.2) is 34.8 Å². The molecule has 1 aliphatic heterocycles. The maximum atomic E-state index is 12.3. The van der Waals surface area contributed by atoms with Crippen molar-refractivity contribution < 1.29 is 14.0 Å². The van der Waals surface area contributed by atoms with Gasteiger partial charge in [-0.1, -0.05) is 6.92 Å². The van der Waals surface area contributed by atoms with E-state index in [2.05, 4.69) is 10.3 Å². The van der Waals surface area contributed by atoms with Crippen molar-refractivity contribution in [2.24, 2.45) is 5.92 Å². The highest BCUT2D eigenvalue weighted by Crippen LogP contribution is 2.22. The number of nitrogens with zero attached hydrogens (tertiary/aromatic N) is 1. The Morgan fingerprint density at radius 3 is 3.09 bits per heavy atom. The first-order valence-electron chi connectivity index (χ1n) is 7.28. The highest BCUT2D eigenvalue weighted by atomic mass is 32.1. The molecule has 1 atom stereocenters. The van der Waals surface area contributed by atoms with Gasteiger partial charge in [0.05, 0.1) is 11.4 Å². The summed E-state index contributed by atoms with van der Waals surface area (Å²) in [7, 11) is 0. The number of hydrogen-bond donors (Lipinski definition) is 2. The smallest absolute Gasteiger partial charge is 0.266 e. The van der Waals surface area contributed by atoms with Gasteiger partial charge in [-0.3, -0.25) is 9.59 Å². The van der Waals surface area contributed by atoms with Crippen molar-refractivity contribution in [1.82, 2.24) is 9.88 Å². The lowest BCUT2D eigenvalue weighted by Crippen LogP contribution is -2.30. The normalized spacial score (nSPS) is 17.9. The van der Waals surface area contributed by atoms with Gasteiger partial charge in [0.2, 0.25) is 11.8 Å². The van der Waals surface area contributed by atoms with Crippen molar-refractivity contribution in [3.8, 4) is 0 Å². The molecule has 2 N–H and O–H groups in total. The number of aromatic amines is 1. The lowest BCUT2D eigenvalue weighted by atomic mass is 10.1. The monoisotopic (exact) mass is 319 g/mol. The molecule has 0 bridgehead atoms. The number of benzene rings is 1. The number of carbonyl (C=O) groups is 2. The van der Waals surface area contributed by atoms with Gasteiger partial charge in [-0.15, -0.1) is 0 Å². The van der Waals surface area contributed by atoms with Crippen molar-refractivity contribution in [3.05, 3.63) is 23.0 Å². The van der Waals surface area contributed by atoms with Crippen LogP contribution in [0.5, 0.6) is 0 Å². The summed E-state index contributed by atoms with van der Waals surface area (Å²) in [5.74, 6) is -0.135. The second-order valence-electron chi connectivity index (χ2n) is 5.39. The summed E-state index contributed by atoms with van der Waals surface area (Å²) in [6.45, 7) is 2.97. The van der Waals surface area contributed by atoms with Gasteiger partial charge in [0.25, 0.3) is 4.84 Å². The zero-order chi connectivity index (χ0) is 15.7. The molecule has 3 rings (SSSR count). The van der Waals surface area contributed by atoms with Crippen molar-refractivity contribution >= 4 is 40.8 Å². The average Bonchev–Trinajstić information content (AvgIpc) is 3.11. The molecule has 116 valence electrons. The third kappa shape index (κ3) is 2.89. The van der Waals surface area contributed by atoms with Crippen molar-refractivity contribution in [3.63, 3.8) is 0 Å². The molecule has 0 aliphatic carbocycles. The molecule has 22 heavy (non-hydrogen) atoms. The Labute approximate surface area is 132 Å². The molecule has 0 spiro atoms. The SMILES string of the molecule is CCC(=O)N1CCC(C(=O)Nc2ccc3[nH]c(=S)oc3c2)C1. The predicted molar refractivity (Wildman–Crippen MR) is 85.0 cm³/mol. The molecule has 0 saturated carbocycles. The van der Waals surface area contributed by atoms with Gasteiger partial charge in [0.1, 0.15) is 0 Å². The Morgan fingerprint density at radius 1 is 1.50 bits per heavy atom. The summed E-state index contributed by atoms with van der Waals surface area (Å²) >= 11 is 4.93. The fourth-order valence-corrected chi connectivity index (χ4v) is 2.89. The number of anilines is 1. The van der Waals surface area contributed by atoms with Gasteiger partial charge in [-0.25, -0.2) is 0 Å². The number of amides is 2. The molecular weight excluding hydrogens is 302 g/mol. The average molecular weight is 319 g/mol. The van der Waals surface area contributed by atoms with Crippen molar-refractivity contribution in [1.29, 1.82) is 0 Å². The Balaban J connectivity index is 1.68. The summed E-state index contributed by atoms with van der Waals surface area (Å²) in [5.41, 5.74) is 2.07. The van der Waals surface area contributed by atoms with Crippen LogP contribution in [0.3, 0.4) is 0 Å². The third-order valence-electron chi connectivity index (χ3n) is 3.90. The molecule has 1 aliphatic rings. The van der Waals surface area contributed by atoms with Crippen LogP contribution in [-0.2, 0) is 9.59 Å². The van der Waals surface area contributed by atoms with E-state index in [1.807, 2.05) is 13.0 Å². The fraction of sp³-hybridized carbons (Fsp3) is 0.400. The molecule has 1 saturated heterocycles. The van der Waals surface area contributed by atoms with E-state index in [-0.39, 0.29) is 17.7 Å². The fourth-order valence-electron chi connectivity index (χ4n) is 2.69. The number of carbonyl (C=O) groups excluding carboxylic acids is 2. The lowest BCUT2D eigenvalue weighted by Gasteiger charge is -2.15.